The van der Waals surface area contributed by atoms with Gasteiger partial charge < -0.3 is 5.32 Å². The second-order valence-electron chi connectivity index (χ2n) is 6.67. The van der Waals surface area contributed by atoms with Crippen LogP contribution >= 0.6 is 0 Å². The molecule has 2 aliphatic heterocycles. The molecule has 0 saturated carbocycles. The van der Waals surface area contributed by atoms with Crippen LogP contribution in [0, 0.1) is 0 Å². The molecule has 2 aromatic heterocycles. The molecular weight excluding hydrogens is 300 g/mol. The van der Waals surface area contributed by atoms with Crippen molar-refractivity contribution in [1.29, 1.82) is 0 Å². The highest BCUT2D eigenvalue weighted by atomic mass is 15.1. The highest BCUT2D eigenvalue weighted by Crippen LogP contribution is 2.23. The zero-order valence-corrected chi connectivity index (χ0v) is 14.2. The highest BCUT2D eigenvalue weighted by molar-refractivity contribution is 5.22. The molecule has 0 spiro atoms. The van der Waals surface area contributed by atoms with Crippen molar-refractivity contribution < 1.29 is 0 Å². The molecule has 1 saturated heterocycles. The molecule has 1 fully saturated rings. The van der Waals surface area contributed by atoms with Crippen LogP contribution in [0.4, 0.5) is 0 Å². The van der Waals surface area contributed by atoms with Gasteiger partial charge in [0, 0.05) is 67.9 Å². The lowest BCUT2D eigenvalue weighted by molar-refractivity contribution is 0.241. The van der Waals surface area contributed by atoms with E-state index in [9.17, 15) is 0 Å². The van der Waals surface area contributed by atoms with Crippen LogP contribution in [0.2, 0.25) is 0 Å². The largest absolute Gasteiger partial charge is 0.307 e. The van der Waals surface area contributed by atoms with E-state index in [4.69, 9.17) is 4.98 Å². The first-order valence-electron chi connectivity index (χ1n) is 8.92. The Bertz CT molecular complexity index is 693. The summed E-state index contributed by atoms with van der Waals surface area (Å²) in [6.45, 7) is 5.97. The number of hydrogen-bond acceptors (Lipinski definition) is 6. The summed E-state index contributed by atoms with van der Waals surface area (Å²) in [6, 6.07) is 0.350. The number of hydrogen-bond donors (Lipinski definition) is 1. The van der Waals surface area contributed by atoms with Gasteiger partial charge >= 0.3 is 0 Å². The van der Waals surface area contributed by atoms with Gasteiger partial charge in [-0.25, -0.2) is 19.9 Å². The van der Waals surface area contributed by atoms with Crippen LogP contribution in [-0.4, -0.2) is 37.9 Å². The molecule has 0 aliphatic carbocycles. The highest BCUT2D eigenvalue weighted by Gasteiger charge is 2.23. The van der Waals surface area contributed by atoms with E-state index in [-0.39, 0.29) is 0 Å². The topological polar surface area (TPSA) is 66.8 Å². The van der Waals surface area contributed by atoms with Crippen molar-refractivity contribution in [3.8, 4) is 0 Å². The minimum absolute atomic E-state index is 0.350. The maximum atomic E-state index is 4.83. The monoisotopic (exact) mass is 324 g/mol. The Labute approximate surface area is 142 Å². The van der Waals surface area contributed by atoms with E-state index in [1.54, 1.807) is 0 Å². The summed E-state index contributed by atoms with van der Waals surface area (Å²) in [6.07, 6.45) is 10.2. The van der Waals surface area contributed by atoms with Crippen molar-refractivity contribution in [3.05, 3.63) is 47.1 Å². The van der Waals surface area contributed by atoms with Gasteiger partial charge in [-0.2, -0.15) is 0 Å². The molecule has 126 valence electrons. The van der Waals surface area contributed by atoms with Gasteiger partial charge in [-0.15, -0.1) is 0 Å². The van der Waals surface area contributed by atoms with Crippen molar-refractivity contribution in [1.82, 2.24) is 30.2 Å². The Kier molecular flexibility index (Phi) is 4.49. The first-order valence-corrected chi connectivity index (χ1v) is 8.92. The number of nitrogens with one attached hydrogen (secondary N) is 1. The third-order valence-electron chi connectivity index (χ3n) is 4.88. The molecule has 6 heteroatoms. The molecule has 4 heterocycles. The predicted octanol–water partition coefficient (Wildman–Crippen LogP) is 1.81. The summed E-state index contributed by atoms with van der Waals surface area (Å²) < 4.78 is 0. The molecule has 0 bridgehead atoms. The third-order valence-corrected chi connectivity index (χ3v) is 4.88. The van der Waals surface area contributed by atoms with Gasteiger partial charge in [0.05, 0.1) is 6.04 Å². The Hall–Kier alpha value is -1.92. The SMILES string of the molecule is CCc1ncc(CN2CCc3nc([C@@H]4CCCN4)ncc3C2)cn1. The molecule has 24 heavy (non-hydrogen) atoms. The molecule has 0 aromatic carbocycles. The summed E-state index contributed by atoms with van der Waals surface area (Å²) in [5.41, 5.74) is 3.65. The third kappa shape index (κ3) is 3.30. The van der Waals surface area contributed by atoms with Crippen LogP contribution in [0.5, 0.6) is 0 Å². The van der Waals surface area contributed by atoms with Crippen molar-refractivity contribution in [3.63, 3.8) is 0 Å². The van der Waals surface area contributed by atoms with E-state index in [0.717, 1.165) is 57.1 Å². The van der Waals surface area contributed by atoms with Gasteiger partial charge in [-0.05, 0) is 19.4 Å². The van der Waals surface area contributed by atoms with Gasteiger partial charge in [0.25, 0.3) is 0 Å². The maximum absolute atomic E-state index is 4.83. The molecule has 0 radical (unpaired) electrons. The Morgan fingerprint density at radius 2 is 2.08 bits per heavy atom. The van der Waals surface area contributed by atoms with E-state index in [0.29, 0.717) is 6.04 Å². The van der Waals surface area contributed by atoms with Crippen molar-refractivity contribution in [2.75, 3.05) is 13.1 Å². The summed E-state index contributed by atoms with van der Waals surface area (Å²) in [4.78, 5) is 20.7. The van der Waals surface area contributed by atoms with Gasteiger partial charge in [0.15, 0.2) is 0 Å². The lowest BCUT2D eigenvalue weighted by Gasteiger charge is -2.28. The van der Waals surface area contributed by atoms with Crippen LogP contribution in [0.1, 0.15) is 54.3 Å². The smallest absolute Gasteiger partial charge is 0.145 e. The molecule has 0 amide bonds. The summed E-state index contributed by atoms with van der Waals surface area (Å²) in [5, 5.41) is 3.48. The van der Waals surface area contributed by atoms with Gasteiger partial charge in [0.2, 0.25) is 0 Å². The molecule has 4 rings (SSSR count). The average Bonchev–Trinajstić information content (AvgIpc) is 3.17. The van der Waals surface area contributed by atoms with Gasteiger partial charge in [-0.1, -0.05) is 6.92 Å². The minimum atomic E-state index is 0.350. The zero-order chi connectivity index (χ0) is 16.4. The minimum Gasteiger partial charge on any atom is -0.307 e. The Morgan fingerprint density at radius 1 is 1.21 bits per heavy atom. The lowest BCUT2D eigenvalue weighted by Crippen LogP contribution is -2.31. The van der Waals surface area contributed by atoms with E-state index >= 15 is 0 Å². The lowest BCUT2D eigenvalue weighted by atomic mass is 10.1. The number of fused-ring (bicyclic) bond motifs is 1. The normalized spacial score (nSPS) is 21.0. The second kappa shape index (κ2) is 6.91. The summed E-state index contributed by atoms with van der Waals surface area (Å²) in [7, 11) is 0. The predicted molar refractivity (Wildman–Crippen MR) is 91.2 cm³/mol. The first kappa shape index (κ1) is 15.6. The second-order valence-corrected chi connectivity index (χ2v) is 6.67. The van der Waals surface area contributed by atoms with Crippen LogP contribution in [0.15, 0.2) is 18.6 Å². The fraction of sp³-hybridized carbons (Fsp3) is 0.556. The average molecular weight is 324 g/mol. The number of aromatic nitrogens is 4. The van der Waals surface area contributed by atoms with E-state index in [2.05, 4.69) is 32.1 Å². The number of rotatable bonds is 4. The summed E-state index contributed by atoms with van der Waals surface area (Å²) >= 11 is 0. The molecular formula is C18H24N6. The standard InChI is InChI=1S/C18H24N6/c1-2-17-20-8-13(9-21-17)11-24-7-5-15-14(12-24)10-22-18(23-15)16-4-3-6-19-16/h8-10,16,19H,2-7,11-12H2,1H3/t16-/m0/s1. The Balaban J connectivity index is 1.43. The van der Waals surface area contributed by atoms with Crippen molar-refractivity contribution >= 4 is 0 Å². The van der Waals surface area contributed by atoms with E-state index in [1.807, 2.05) is 18.6 Å². The quantitative estimate of drug-likeness (QED) is 0.925. The van der Waals surface area contributed by atoms with E-state index < -0.39 is 0 Å². The zero-order valence-electron chi connectivity index (χ0n) is 14.2. The summed E-state index contributed by atoms with van der Waals surface area (Å²) in [5.74, 6) is 1.88. The van der Waals surface area contributed by atoms with Crippen LogP contribution in [-0.2, 0) is 25.9 Å². The van der Waals surface area contributed by atoms with Crippen LogP contribution < -0.4 is 5.32 Å². The molecule has 6 nitrogen and oxygen atoms in total. The fourth-order valence-corrected chi connectivity index (χ4v) is 3.50. The molecule has 0 unspecified atom stereocenters. The maximum Gasteiger partial charge on any atom is 0.145 e. The number of nitrogens with zero attached hydrogens (tertiary/aromatic N) is 5. The number of aryl methyl sites for hydroxylation is 1. The van der Waals surface area contributed by atoms with E-state index in [1.165, 1.54) is 23.2 Å². The Morgan fingerprint density at radius 3 is 2.83 bits per heavy atom. The van der Waals surface area contributed by atoms with Gasteiger partial charge in [-0.3, -0.25) is 4.90 Å². The van der Waals surface area contributed by atoms with Crippen molar-refractivity contribution in [2.45, 2.75) is 51.7 Å². The van der Waals surface area contributed by atoms with Crippen molar-refractivity contribution in [2.24, 2.45) is 0 Å². The van der Waals surface area contributed by atoms with Gasteiger partial charge in [0.1, 0.15) is 11.6 Å². The van der Waals surface area contributed by atoms with Crippen LogP contribution in [0.3, 0.4) is 0 Å². The molecule has 1 atom stereocenters. The molecule has 2 aromatic rings. The fourth-order valence-electron chi connectivity index (χ4n) is 3.50. The molecule has 1 N–H and O–H groups in total. The molecule has 2 aliphatic rings. The first-order chi connectivity index (χ1) is 11.8. The van der Waals surface area contributed by atoms with Crippen LogP contribution in [0.25, 0.3) is 0 Å².